The van der Waals surface area contributed by atoms with Crippen LogP contribution in [-0.4, -0.2) is 15.1 Å². The van der Waals surface area contributed by atoms with Crippen LogP contribution in [0.25, 0.3) is 55.7 Å². The van der Waals surface area contributed by atoms with Crippen molar-refractivity contribution < 1.29 is 9.52 Å². The third kappa shape index (κ3) is 3.32. The lowest BCUT2D eigenvalue weighted by Crippen LogP contribution is -1.91. The van der Waals surface area contributed by atoms with Gasteiger partial charge >= 0.3 is 0 Å². The second kappa shape index (κ2) is 7.85. The molecule has 2 heterocycles. The Balaban J connectivity index is 1.52. The zero-order chi connectivity index (χ0) is 23.2. The molecule has 6 rings (SSSR count). The number of rotatable bonds is 3. The minimum Gasteiger partial charge on any atom is -0.507 e. The number of phenols is 1. The van der Waals surface area contributed by atoms with Gasteiger partial charge in [0, 0.05) is 22.7 Å². The lowest BCUT2D eigenvalue weighted by Gasteiger charge is -2.12. The summed E-state index contributed by atoms with van der Waals surface area (Å²) >= 11 is 0. The van der Waals surface area contributed by atoms with Crippen molar-refractivity contribution in [1.29, 1.82) is 0 Å². The molecular weight excluding hydrogens is 420 g/mol. The Kier molecular flexibility index (Phi) is 4.66. The second-order valence-electron chi connectivity index (χ2n) is 8.61. The third-order valence-corrected chi connectivity index (χ3v) is 6.21. The smallest absolute Gasteiger partial charge is 0.231 e. The van der Waals surface area contributed by atoms with Gasteiger partial charge in [0.2, 0.25) is 5.89 Å². The molecule has 0 spiro atoms. The molecule has 0 saturated heterocycles. The molecule has 0 aliphatic heterocycles. The molecular formula is C30H22N2O2. The number of benzene rings is 4. The lowest BCUT2D eigenvalue weighted by atomic mass is 9.93. The first kappa shape index (κ1) is 20.2. The van der Waals surface area contributed by atoms with E-state index in [-0.39, 0.29) is 5.75 Å². The number of para-hydroxylation sites is 2. The monoisotopic (exact) mass is 442 g/mol. The summed E-state index contributed by atoms with van der Waals surface area (Å²) in [6, 6.07) is 27.9. The summed E-state index contributed by atoms with van der Waals surface area (Å²) in [7, 11) is 0. The van der Waals surface area contributed by atoms with Crippen LogP contribution in [0.2, 0.25) is 0 Å². The first-order chi connectivity index (χ1) is 16.6. The quantitative estimate of drug-likeness (QED) is 0.305. The van der Waals surface area contributed by atoms with Crippen molar-refractivity contribution in [1.82, 2.24) is 9.97 Å². The third-order valence-electron chi connectivity index (χ3n) is 6.21. The van der Waals surface area contributed by atoms with Crippen LogP contribution in [0.3, 0.4) is 0 Å². The van der Waals surface area contributed by atoms with E-state index in [4.69, 9.17) is 14.4 Å². The van der Waals surface area contributed by atoms with E-state index in [2.05, 4.69) is 62.4 Å². The van der Waals surface area contributed by atoms with Gasteiger partial charge in [-0.3, -0.25) is 4.98 Å². The highest BCUT2D eigenvalue weighted by Crippen LogP contribution is 2.37. The van der Waals surface area contributed by atoms with Gasteiger partial charge in [-0.05, 0) is 66.4 Å². The minimum atomic E-state index is 0.145. The Morgan fingerprint density at radius 1 is 0.735 bits per heavy atom. The summed E-state index contributed by atoms with van der Waals surface area (Å²) in [5, 5.41) is 11.4. The van der Waals surface area contributed by atoms with Gasteiger partial charge in [-0.25, -0.2) is 4.98 Å². The fourth-order valence-electron chi connectivity index (χ4n) is 4.57. The van der Waals surface area contributed by atoms with Crippen LogP contribution in [0.15, 0.2) is 95.5 Å². The average Bonchev–Trinajstić information content (AvgIpc) is 3.29. The van der Waals surface area contributed by atoms with Crippen molar-refractivity contribution in [3.63, 3.8) is 0 Å². The number of hydrogen-bond donors (Lipinski definition) is 1. The van der Waals surface area contributed by atoms with Gasteiger partial charge in [0.15, 0.2) is 5.58 Å². The first-order valence-electron chi connectivity index (χ1n) is 11.2. The summed E-state index contributed by atoms with van der Waals surface area (Å²) < 4.78 is 6.02. The molecule has 0 bridgehead atoms. The van der Waals surface area contributed by atoms with E-state index < -0.39 is 0 Å². The highest BCUT2D eigenvalue weighted by molar-refractivity contribution is 5.98. The van der Waals surface area contributed by atoms with Crippen molar-refractivity contribution in [2.75, 3.05) is 0 Å². The van der Waals surface area contributed by atoms with Crippen LogP contribution in [-0.2, 0) is 0 Å². The minimum absolute atomic E-state index is 0.145. The maximum atomic E-state index is 10.3. The molecule has 0 unspecified atom stereocenters. The van der Waals surface area contributed by atoms with Gasteiger partial charge in [0.1, 0.15) is 11.3 Å². The number of aryl methyl sites for hydroxylation is 2. The zero-order valence-corrected chi connectivity index (χ0v) is 18.9. The number of fused-ring (bicyclic) bond motifs is 2. The Bertz CT molecular complexity index is 1700. The topological polar surface area (TPSA) is 59.2 Å². The highest BCUT2D eigenvalue weighted by atomic mass is 16.3. The number of hydrogen-bond acceptors (Lipinski definition) is 4. The highest BCUT2D eigenvalue weighted by Gasteiger charge is 2.16. The SMILES string of the molecule is Cc1cnc2c(-c3cccc(-c4cccc5oc(-c6ccccc6O)nc45)c3)c(C)ccc2c1. The number of pyridine rings is 1. The van der Waals surface area contributed by atoms with E-state index in [9.17, 15) is 5.11 Å². The molecule has 0 saturated carbocycles. The summed E-state index contributed by atoms with van der Waals surface area (Å²) in [5.74, 6) is 0.549. The van der Waals surface area contributed by atoms with Crippen LogP contribution in [0, 0.1) is 13.8 Å². The fraction of sp³-hybridized carbons (Fsp3) is 0.0667. The summed E-state index contributed by atoms with van der Waals surface area (Å²) in [6.45, 7) is 4.19. The summed E-state index contributed by atoms with van der Waals surface area (Å²) in [5.41, 5.74) is 9.63. The fourth-order valence-corrected chi connectivity index (χ4v) is 4.57. The van der Waals surface area contributed by atoms with Crippen molar-refractivity contribution in [3.8, 4) is 39.5 Å². The Labute approximate surface area is 197 Å². The maximum Gasteiger partial charge on any atom is 0.231 e. The van der Waals surface area contributed by atoms with Crippen LogP contribution >= 0.6 is 0 Å². The van der Waals surface area contributed by atoms with Crippen molar-refractivity contribution >= 4 is 22.0 Å². The molecule has 2 aromatic heterocycles. The summed E-state index contributed by atoms with van der Waals surface area (Å²) in [4.78, 5) is 9.53. The van der Waals surface area contributed by atoms with E-state index in [1.54, 1.807) is 18.2 Å². The molecule has 0 atom stereocenters. The van der Waals surface area contributed by atoms with E-state index >= 15 is 0 Å². The van der Waals surface area contributed by atoms with E-state index in [0.717, 1.165) is 44.2 Å². The molecule has 0 aliphatic rings. The van der Waals surface area contributed by atoms with E-state index in [0.29, 0.717) is 17.0 Å². The Hall–Kier alpha value is -4.44. The van der Waals surface area contributed by atoms with Gasteiger partial charge in [-0.2, -0.15) is 0 Å². The van der Waals surface area contributed by atoms with E-state index in [1.807, 2.05) is 24.4 Å². The van der Waals surface area contributed by atoms with Crippen molar-refractivity contribution in [3.05, 3.63) is 102 Å². The van der Waals surface area contributed by atoms with E-state index in [1.165, 1.54) is 5.56 Å². The zero-order valence-electron chi connectivity index (χ0n) is 18.9. The number of oxazole rings is 1. The van der Waals surface area contributed by atoms with Gasteiger partial charge in [-0.15, -0.1) is 0 Å². The average molecular weight is 443 g/mol. The molecule has 4 aromatic carbocycles. The molecule has 4 heteroatoms. The van der Waals surface area contributed by atoms with Crippen LogP contribution < -0.4 is 0 Å². The van der Waals surface area contributed by atoms with Gasteiger partial charge < -0.3 is 9.52 Å². The molecule has 164 valence electrons. The molecule has 34 heavy (non-hydrogen) atoms. The Morgan fingerprint density at radius 2 is 1.53 bits per heavy atom. The first-order valence-corrected chi connectivity index (χ1v) is 11.2. The maximum absolute atomic E-state index is 10.3. The second-order valence-corrected chi connectivity index (χ2v) is 8.61. The summed E-state index contributed by atoms with van der Waals surface area (Å²) in [6.07, 6.45) is 1.92. The van der Waals surface area contributed by atoms with Crippen LogP contribution in [0.4, 0.5) is 0 Å². The number of nitrogens with zero attached hydrogens (tertiary/aromatic N) is 2. The molecule has 6 aromatic rings. The van der Waals surface area contributed by atoms with Gasteiger partial charge in [0.05, 0.1) is 11.1 Å². The van der Waals surface area contributed by atoms with Crippen molar-refractivity contribution in [2.45, 2.75) is 13.8 Å². The molecule has 0 aliphatic carbocycles. The molecule has 0 fully saturated rings. The molecule has 4 nitrogen and oxygen atoms in total. The molecule has 1 N–H and O–H groups in total. The van der Waals surface area contributed by atoms with Crippen LogP contribution in [0.5, 0.6) is 5.75 Å². The standard InChI is InChI=1S/C30H22N2O2/c1-18-15-22-14-13-19(2)27(28(22)31-17-18)21-8-5-7-20(16-21)23-10-6-12-26-29(23)32-30(34-26)24-9-3-4-11-25(24)33/h3-17,33H,1-2H3. The number of aromatic nitrogens is 2. The van der Waals surface area contributed by atoms with Gasteiger partial charge in [0.25, 0.3) is 0 Å². The lowest BCUT2D eigenvalue weighted by molar-refractivity contribution is 0.474. The number of aromatic hydroxyl groups is 1. The number of phenolic OH excluding ortho intramolecular Hbond substituents is 1. The predicted molar refractivity (Wildman–Crippen MR) is 137 cm³/mol. The Morgan fingerprint density at radius 3 is 2.41 bits per heavy atom. The molecule has 0 radical (unpaired) electrons. The predicted octanol–water partition coefficient (Wildman–Crippen LogP) is 7.70. The normalized spacial score (nSPS) is 11.4. The largest absolute Gasteiger partial charge is 0.507 e. The van der Waals surface area contributed by atoms with Crippen molar-refractivity contribution in [2.24, 2.45) is 0 Å². The molecule has 0 amide bonds. The van der Waals surface area contributed by atoms with Crippen LogP contribution in [0.1, 0.15) is 11.1 Å². The van der Waals surface area contributed by atoms with Gasteiger partial charge in [-0.1, -0.05) is 54.6 Å².